The first kappa shape index (κ1) is 25.8. The number of likely N-dealkylation sites (N-methyl/N-ethyl adjacent to an activating group) is 1. The molecule has 1 aromatic heterocycles. The molecule has 4 rings (SSSR count). The fourth-order valence-corrected chi connectivity index (χ4v) is 4.52. The number of nitro groups is 1. The van der Waals surface area contributed by atoms with Crippen LogP contribution in [0.1, 0.15) is 42.6 Å². The molecule has 0 bridgehead atoms. The van der Waals surface area contributed by atoms with Gasteiger partial charge in [-0.2, -0.15) is 4.98 Å². The fraction of sp³-hybridized carbons (Fsp3) is 0.296. The maximum Gasteiger partial charge on any atom is 0.336 e. The lowest BCUT2D eigenvalue weighted by Gasteiger charge is -2.29. The lowest BCUT2D eigenvalue weighted by atomic mass is 9.80. The van der Waals surface area contributed by atoms with Crippen LogP contribution in [0, 0.1) is 10.1 Å². The molecule has 0 spiro atoms. The van der Waals surface area contributed by atoms with Crippen LogP contribution >= 0.6 is 0 Å². The van der Waals surface area contributed by atoms with Crippen LogP contribution in [0.25, 0.3) is 5.57 Å². The van der Waals surface area contributed by atoms with Gasteiger partial charge in [-0.1, -0.05) is 47.6 Å². The number of hydrogen-bond acceptors (Lipinski definition) is 9. The summed E-state index contributed by atoms with van der Waals surface area (Å²) in [7, 11) is 3.28. The summed E-state index contributed by atoms with van der Waals surface area (Å²) in [6.45, 7) is 4.88. The number of nitrogens with zero attached hydrogens (tertiary/aromatic N) is 4. The van der Waals surface area contributed by atoms with Gasteiger partial charge in [-0.3, -0.25) is 15.0 Å². The Labute approximate surface area is 214 Å². The zero-order chi connectivity index (χ0) is 26.5. The Balaban J connectivity index is 1.64. The molecule has 2 aromatic carbocycles. The zero-order valence-electron chi connectivity index (χ0n) is 21.2. The number of benzene rings is 2. The van der Waals surface area contributed by atoms with E-state index in [0.717, 1.165) is 13.0 Å². The molecule has 1 N–H and O–H groups in total. The van der Waals surface area contributed by atoms with Gasteiger partial charge in [0.2, 0.25) is 0 Å². The second kappa shape index (κ2) is 11.2. The number of rotatable bonds is 9. The van der Waals surface area contributed by atoms with E-state index in [1.54, 1.807) is 19.1 Å². The molecule has 0 saturated carbocycles. The second-order valence-corrected chi connectivity index (χ2v) is 8.97. The van der Waals surface area contributed by atoms with Crippen LogP contribution in [0.5, 0.6) is 0 Å². The minimum absolute atomic E-state index is 0.0823. The molecular weight excluding hydrogens is 474 g/mol. The lowest BCUT2D eigenvalue weighted by molar-refractivity contribution is -0.384. The van der Waals surface area contributed by atoms with Gasteiger partial charge in [0.05, 0.1) is 30.1 Å². The van der Waals surface area contributed by atoms with Crippen molar-refractivity contribution in [2.75, 3.05) is 20.7 Å². The molecule has 192 valence electrons. The van der Waals surface area contributed by atoms with Crippen LogP contribution in [-0.2, 0) is 22.5 Å². The van der Waals surface area contributed by atoms with Gasteiger partial charge in [-0.25, -0.2) is 4.79 Å². The van der Waals surface area contributed by atoms with Gasteiger partial charge in [0.1, 0.15) is 0 Å². The molecule has 3 aromatic rings. The highest BCUT2D eigenvalue weighted by molar-refractivity contribution is 5.96. The summed E-state index contributed by atoms with van der Waals surface area (Å²) in [5.41, 5.74) is 3.89. The maximum absolute atomic E-state index is 12.9. The molecule has 0 aliphatic carbocycles. The van der Waals surface area contributed by atoms with Gasteiger partial charge in [-0.15, -0.1) is 0 Å². The van der Waals surface area contributed by atoms with Gasteiger partial charge in [0.15, 0.2) is 5.82 Å². The number of carbonyl (C=O) groups is 1. The summed E-state index contributed by atoms with van der Waals surface area (Å²) in [5, 5.41) is 18.8. The zero-order valence-corrected chi connectivity index (χ0v) is 21.2. The van der Waals surface area contributed by atoms with Crippen LogP contribution in [0.15, 0.2) is 76.1 Å². The highest BCUT2D eigenvalue weighted by atomic mass is 16.6. The Bertz CT molecular complexity index is 1360. The van der Waals surface area contributed by atoms with Crippen LogP contribution in [0.3, 0.4) is 0 Å². The molecule has 0 saturated heterocycles. The normalized spacial score (nSPS) is 15.6. The summed E-state index contributed by atoms with van der Waals surface area (Å²) in [5.74, 6) is -0.513. The number of esters is 1. The van der Waals surface area contributed by atoms with E-state index in [4.69, 9.17) is 9.26 Å². The van der Waals surface area contributed by atoms with E-state index in [0.29, 0.717) is 40.5 Å². The van der Waals surface area contributed by atoms with Crippen molar-refractivity contribution in [1.29, 1.82) is 0 Å². The van der Waals surface area contributed by atoms with Gasteiger partial charge >= 0.3 is 5.97 Å². The first-order chi connectivity index (χ1) is 17.8. The van der Waals surface area contributed by atoms with Gasteiger partial charge in [0, 0.05) is 35.6 Å². The van der Waals surface area contributed by atoms with Crippen molar-refractivity contribution >= 4 is 17.2 Å². The van der Waals surface area contributed by atoms with E-state index in [-0.39, 0.29) is 11.6 Å². The number of nitro benzene ring substituents is 1. The first-order valence-electron chi connectivity index (χ1n) is 11.8. The van der Waals surface area contributed by atoms with E-state index in [2.05, 4.69) is 32.5 Å². The van der Waals surface area contributed by atoms with Crippen LogP contribution in [0.2, 0.25) is 0 Å². The van der Waals surface area contributed by atoms with Crippen molar-refractivity contribution in [3.8, 4) is 0 Å². The van der Waals surface area contributed by atoms with Crippen molar-refractivity contribution < 1.29 is 19.0 Å². The molecule has 37 heavy (non-hydrogen) atoms. The molecule has 1 atom stereocenters. The predicted octanol–water partition coefficient (Wildman–Crippen LogP) is 4.22. The number of hydrogen-bond donors (Lipinski definition) is 1. The summed E-state index contributed by atoms with van der Waals surface area (Å²) < 4.78 is 10.7. The number of dihydropyridines is 1. The third kappa shape index (κ3) is 5.75. The van der Waals surface area contributed by atoms with Crippen LogP contribution in [0.4, 0.5) is 5.69 Å². The Kier molecular flexibility index (Phi) is 7.78. The van der Waals surface area contributed by atoms with Crippen molar-refractivity contribution in [1.82, 2.24) is 20.4 Å². The minimum Gasteiger partial charge on any atom is -0.466 e. The minimum atomic E-state index is -0.697. The number of ether oxygens (including phenoxy) is 1. The molecule has 10 nitrogen and oxygen atoms in total. The predicted molar refractivity (Wildman–Crippen MR) is 137 cm³/mol. The fourth-order valence-electron chi connectivity index (χ4n) is 4.52. The molecule has 2 heterocycles. The molecule has 0 fully saturated rings. The lowest BCUT2D eigenvalue weighted by Crippen LogP contribution is -2.28. The van der Waals surface area contributed by atoms with Gasteiger partial charge < -0.3 is 14.6 Å². The number of nitrogens with one attached hydrogen (secondary N) is 1. The number of carbonyl (C=O) groups excluding carboxylic acids is 1. The monoisotopic (exact) mass is 503 g/mol. The Morgan fingerprint density at radius 2 is 1.92 bits per heavy atom. The van der Waals surface area contributed by atoms with Crippen LogP contribution < -0.4 is 5.32 Å². The van der Waals surface area contributed by atoms with E-state index in [1.807, 2.05) is 32.2 Å². The van der Waals surface area contributed by atoms with E-state index >= 15 is 0 Å². The third-order valence-corrected chi connectivity index (χ3v) is 6.31. The second-order valence-electron chi connectivity index (χ2n) is 8.97. The molecule has 0 amide bonds. The highest BCUT2D eigenvalue weighted by Gasteiger charge is 2.37. The average molecular weight is 504 g/mol. The van der Waals surface area contributed by atoms with Crippen molar-refractivity contribution in [3.05, 3.63) is 105 Å². The first-order valence-corrected chi connectivity index (χ1v) is 11.8. The molecule has 10 heteroatoms. The maximum atomic E-state index is 12.9. The molecule has 1 unspecified atom stereocenters. The number of allylic oxidation sites excluding steroid dienone is 3. The largest absolute Gasteiger partial charge is 0.466 e. The summed E-state index contributed by atoms with van der Waals surface area (Å²) in [4.78, 5) is 30.6. The van der Waals surface area contributed by atoms with Gasteiger partial charge in [-0.05, 0) is 38.4 Å². The Morgan fingerprint density at radius 1 is 1.16 bits per heavy atom. The highest BCUT2D eigenvalue weighted by Crippen LogP contribution is 2.43. The van der Waals surface area contributed by atoms with Gasteiger partial charge in [0.25, 0.3) is 11.6 Å². The molecule has 0 radical (unpaired) electrons. The Morgan fingerprint density at radius 3 is 2.62 bits per heavy atom. The van der Waals surface area contributed by atoms with Crippen LogP contribution in [-0.4, -0.2) is 46.6 Å². The summed E-state index contributed by atoms with van der Waals surface area (Å²) in [6, 6.07) is 16.4. The van der Waals surface area contributed by atoms with E-state index in [9.17, 15) is 14.9 Å². The summed E-state index contributed by atoms with van der Waals surface area (Å²) >= 11 is 0. The Hall–Kier alpha value is -4.31. The number of non-ortho nitro benzene ring substituents is 1. The molecular formula is C27H29N5O5. The smallest absolute Gasteiger partial charge is 0.336 e. The molecule has 1 aliphatic rings. The van der Waals surface area contributed by atoms with Crippen molar-refractivity contribution in [2.24, 2.45) is 0 Å². The quantitative estimate of drug-likeness (QED) is 0.260. The number of methoxy groups -OCH3 is 1. The standard InChI is InChI=1S/C27H29N5O5/c1-17-23(26-29-22(30-37-26)16-31(3)14-13-19-9-6-5-7-10-19)25(24(18(2)28-17)27(33)36-4)20-11-8-12-21(15-20)32(34)35/h5-12,15,25,28H,13-14,16H2,1-4H3. The average Bonchev–Trinajstić information content (AvgIpc) is 3.35. The number of aromatic nitrogens is 2. The molecule has 1 aliphatic heterocycles. The van der Waals surface area contributed by atoms with E-state index < -0.39 is 16.8 Å². The third-order valence-electron chi connectivity index (χ3n) is 6.31. The topological polar surface area (TPSA) is 124 Å². The van der Waals surface area contributed by atoms with Crippen molar-refractivity contribution in [3.63, 3.8) is 0 Å². The van der Waals surface area contributed by atoms with Crippen molar-refractivity contribution in [2.45, 2.75) is 32.7 Å². The summed E-state index contributed by atoms with van der Waals surface area (Å²) in [6.07, 6.45) is 0.887. The SMILES string of the molecule is COC(=O)C1=C(C)NC(C)=C(c2nc(CN(C)CCc3ccccc3)no2)C1c1cccc([N+](=O)[O-])c1. The van der Waals surface area contributed by atoms with E-state index in [1.165, 1.54) is 24.8 Å².